The first-order valence-corrected chi connectivity index (χ1v) is 4.41. The summed E-state index contributed by atoms with van der Waals surface area (Å²) in [7, 11) is 1.67. The zero-order valence-electron chi connectivity index (χ0n) is 6.83. The van der Waals surface area contributed by atoms with Gasteiger partial charge < -0.3 is 9.84 Å². The Bertz CT molecular complexity index is 293. The third-order valence-electron chi connectivity index (χ3n) is 1.25. The standard InChI is InChI=1S/C9H10O2S/c1-11-6-9-5-8(7-12-9)3-2-4-10/h5,7,10H,4,6H2,1H3. The number of aliphatic hydroxyl groups is 1. The first-order chi connectivity index (χ1) is 5.86. The molecule has 0 saturated heterocycles. The molecule has 0 aliphatic carbocycles. The van der Waals surface area contributed by atoms with Gasteiger partial charge in [-0.2, -0.15) is 0 Å². The van der Waals surface area contributed by atoms with Crippen LogP contribution in [0, 0.1) is 11.8 Å². The molecule has 0 atom stereocenters. The lowest BCUT2D eigenvalue weighted by atomic mass is 10.3. The van der Waals surface area contributed by atoms with Crippen LogP contribution in [0.1, 0.15) is 10.4 Å². The van der Waals surface area contributed by atoms with Crippen molar-refractivity contribution in [3.05, 3.63) is 21.9 Å². The minimum absolute atomic E-state index is 0.0878. The molecule has 64 valence electrons. The number of methoxy groups -OCH3 is 1. The van der Waals surface area contributed by atoms with Gasteiger partial charge in [0, 0.05) is 22.9 Å². The summed E-state index contributed by atoms with van der Waals surface area (Å²) in [5.74, 6) is 5.42. The van der Waals surface area contributed by atoms with Gasteiger partial charge in [-0.15, -0.1) is 11.3 Å². The monoisotopic (exact) mass is 182 g/mol. The molecule has 0 aliphatic heterocycles. The van der Waals surface area contributed by atoms with E-state index in [0.717, 1.165) is 10.4 Å². The highest BCUT2D eigenvalue weighted by atomic mass is 32.1. The van der Waals surface area contributed by atoms with E-state index in [0.29, 0.717) is 6.61 Å². The molecular formula is C9H10O2S. The van der Waals surface area contributed by atoms with Crippen molar-refractivity contribution in [1.82, 2.24) is 0 Å². The van der Waals surface area contributed by atoms with Crippen LogP contribution >= 0.6 is 11.3 Å². The summed E-state index contributed by atoms with van der Waals surface area (Å²) in [6, 6.07) is 1.97. The summed E-state index contributed by atoms with van der Waals surface area (Å²) in [5.41, 5.74) is 0.945. The van der Waals surface area contributed by atoms with Crippen LogP contribution in [-0.4, -0.2) is 18.8 Å². The maximum atomic E-state index is 8.44. The molecule has 0 unspecified atom stereocenters. The number of ether oxygens (including phenoxy) is 1. The Kier molecular flexibility index (Phi) is 3.81. The molecule has 0 aromatic carbocycles. The first-order valence-electron chi connectivity index (χ1n) is 3.53. The van der Waals surface area contributed by atoms with Crippen LogP contribution in [0.5, 0.6) is 0 Å². The predicted molar refractivity (Wildman–Crippen MR) is 49.0 cm³/mol. The van der Waals surface area contributed by atoms with Crippen molar-refractivity contribution >= 4 is 11.3 Å². The van der Waals surface area contributed by atoms with Crippen molar-refractivity contribution in [3.63, 3.8) is 0 Å². The molecule has 1 N–H and O–H groups in total. The number of aliphatic hydroxyl groups excluding tert-OH is 1. The molecule has 2 nitrogen and oxygen atoms in total. The second-order valence-corrected chi connectivity index (χ2v) is 3.19. The molecule has 1 heterocycles. The molecule has 1 aromatic rings. The zero-order valence-corrected chi connectivity index (χ0v) is 7.65. The van der Waals surface area contributed by atoms with Crippen LogP contribution in [-0.2, 0) is 11.3 Å². The normalized spacial score (nSPS) is 9.17. The Balaban J connectivity index is 2.64. The maximum absolute atomic E-state index is 8.44. The van der Waals surface area contributed by atoms with Crippen LogP contribution in [0.4, 0.5) is 0 Å². The van der Waals surface area contributed by atoms with Crippen LogP contribution in [0.2, 0.25) is 0 Å². The average molecular weight is 182 g/mol. The molecule has 0 fully saturated rings. The van der Waals surface area contributed by atoms with Gasteiger partial charge in [-0.3, -0.25) is 0 Å². The maximum Gasteiger partial charge on any atom is 0.104 e. The third kappa shape index (κ3) is 2.67. The smallest absolute Gasteiger partial charge is 0.104 e. The second kappa shape index (κ2) is 4.94. The van der Waals surface area contributed by atoms with Crippen molar-refractivity contribution in [2.75, 3.05) is 13.7 Å². The highest BCUT2D eigenvalue weighted by Crippen LogP contribution is 2.14. The molecular weight excluding hydrogens is 172 g/mol. The van der Waals surface area contributed by atoms with E-state index in [1.807, 2.05) is 11.4 Å². The summed E-state index contributed by atoms with van der Waals surface area (Å²) in [5, 5.41) is 10.4. The minimum atomic E-state index is -0.0878. The van der Waals surface area contributed by atoms with Crippen molar-refractivity contribution < 1.29 is 9.84 Å². The lowest BCUT2D eigenvalue weighted by Gasteiger charge is -1.89. The fraction of sp³-hybridized carbons (Fsp3) is 0.333. The molecule has 0 amide bonds. The van der Waals surface area contributed by atoms with Crippen molar-refractivity contribution in [1.29, 1.82) is 0 Å². The van der Waals surface area contributed by atoms with E-state index in [1.54, 1.807) is 18.4 Å². The van der Waals surface area contributed by atoms with E-state index in [9.17, 15) is 0 Å². The molecule has 0 aliphatic rings. The predicted octanol–water partition coefficient (Wildman–Crippen LogP) is 1.24. The summed E-state index contributed by atoms with van der Waals surface area (Å²) in [4.78, 5) is 1.15. The number of hydrogen-bond acceptors (Lipinski definition) is 3. The molecule has 3 heteroatoms. The molecule has 1 rings (SSSR count). The Morgan fingerprint density at radius 2 is 2.50 bits per heavy atom. The number of rotatable bonds is 2. The Labute approximate surface area is 75.8 Å². The molecule has 0 radical (unpaired) electrons. The summed E-state index contributed by atoms with van der Waals surface area (Å²) < 4.78 is 4.96. The molecule has 0 saturated carbocycles. The largest absolute Gasteiger partial charge is 0.384 e. The molecule has 12 heavy (non-hydrogen) atoms. The molecule has 1 aromatic heterocycles. The minimum Gasteiger partial charge on any atom is -0.384 e. The quantitative estimate of drug-likeness (QED) is 0.697. The Morgan fingerprint density at radius 3 is 3.17 bits per heavy atom. The molecule has 0 spiro atoms. The van der Waals surface area contributed by atoms with E-state index in [4.69, 9.17) is 9.84 Å². The van der Waals surface area contributed by atoms with Crippen LogP contribution < -0.4 is 0 Å². The Hall–Kier alpha value is -0.820. The lowest BCUT2D eigenvalue weighted by Crippen LogP contribution is -1.80. The van der Waals surface area contributed by atoms with Gasteiger partial charge >= 0.3 is 0 Å². The van der Waals surface area contributed by atoms with Gasteiger partial charge in [-0.05, 0) is 6.07 Å². The van der Waals surface area contributed by atoms with E-state index in [1.165, 1.54) is 0 Å². The van der Waals surface area contributed by atoms with Crippen LogP contribution in [0.3, 0.4) is 0 Å². The van der Waals surface area contributed by atoms with Gasteiger partial charge in [0.2, 0.25) is 0 Å². The van der Waals surface area contributed by atoms with Gasteiger partial charge in [0.05, 0.1) is 6.61 Å². The fourth-order valence-electron chi connectivity index (χ4n) is 0.806. The topological polar surface area (TPSA) is 29.5 Å². The second-order valence-electron chi connectivity index (χ2n) is 2.19. The van der Waals surface area contributed by atoms with Crippen molar-refractivity contribution in [2.24, 2.45) is 0 Å². The third-order valence-corrected chi connectivity index (χ3v) is 2.16. The van der Waals surface area contributed by atoms with Crippen LogP contribution in [0.15, 0.2) is 11.4 Å². The van der Waals surface area contributed by atoms with E-state index in [-0.39, 0.29) is 6.61 Å². The highest BCUT2D eigenvalue weighted by molar-refractivity contribution is 7.10. The van der Waals surface area contributed by atoms with Crippen LogP contribution in [0.25, 0.3) is 0 Å². The van der Waals surface area contributed by atoms with Gasteiger partial charge in [-0.1, -0.05) is 11.8 Å². The molecule has 0 bridgehead atoms. The van der Waals surface area contributed by atoms with Crippen molar-refractivity contribution in [3.8, 4) is 11.8 Å². The van der Waals surface area contributed by atoms with Gasteiger partial charge in [0.25, 0.3) is 0 Å². The Morgan fingerprint density at radius 1 is 1.67 bits per heavy atom. The first kappa shape index (κ1) is 9.27. The SMILES string of the molecule is COCc1cc(C#CCO)cs1. The number of hydrogen-bond donors (Lipinski definition) is 1. The summed E-state index contributed by atoms with van der Waals surface area (Å²) >= 11 is 1.62. The highest BCUT2D eigenvalue weighted by Gasteiger charge is 1.95. The lowest BCUT2D eigenvalue weighted by molar-refractivity contribution is 0.187. The van der Waals surface area contributed by atoms with Gasteiger partial charge in [0.1, 0.15) is 6.61 Å². The van der Waals surface area contributed by atoms with E-state index < -0.39 is 0 Å². The van der Waals surface area contributed by atoms with Gasteiger partial charge in [-0.25, -0.2) is 0 Å². The van der Waals surface area contributed by atoms with E-state index >= 15 is 0 Å². The van der Waals surface area contributed by atoms with E-state index in [2.05, 4.69) is 11.8 Å². The van der Waals surface area contributed by atoms with Crippen molar-refractivity contribution in [2.45, 2.75) is 6.61 Å². The average Bonchev–Trinajstić information content (AvgIpc) is 2.50. The fourth-order valence-corrected chi connectivity index (χ4v) is 1.59. The van der Waals surface area contributed by atoms with Gasteiger partial charge in [0.15, 0.2) is 0 Å². The summed E-state index contributed by atoms with van der Waals surface area (Å²) in [6.07, 6.45) is 0. The summed E-state index contributed by atoms with van der Waals surface area (Å²) in [6.45, 7) is 0.543. The zero-order chi connectivity index (χ0) is 8.81. The number of thiophene rings is 1.